The fourth-order valence-electron chi connectivity index (χ4n) is 1.63. The van der Waals surface area contributed by atoms with Crippen molar-refractivity contribution < 1.29 is 9.47 Å². The summed E-state index contributed by atoms with van der Waals surface area (Å²) in [6.07, 6.45) is 0.780. The van der Waals surface area contributed by atoms with Crippen molar-refractivity contribution in [3.05, 3.63) is 51.1 Å². The standard InChI is InChI=1S/C14H16ClNO3S/c15-13-11-20-16(14(13)17)7-4-8-18-9-10-19-12-5-2-1-3-6-12/h1-3,5-6,11H,4,7-10H2. The smallest absolute Gasteiger partial charge is 0.279 e. The van der Waals surface area contributed by atoms with E-state index >= 15 is 0 Å². The highest BCUT2D eigenvalue weighted by molar-refractivity contribution is 7.04. The summed E-state index contributed by atoms with van der Waals surface area (Å²) in [5, 5.41) is 1.94. The number of aromatic nitrogens is 1. The Hall–Kier alpha value is -1.30. The number of ether oxygens (including phenoxy) is 2. The van der Waals surface area contributed by atoms with E-state index in [9.17, 15) is 4.79 Å². The third-order valence-electron chi connectivity index (χ3n) is 2.60. The molecule has 1 aromatic carbocycles. The lowest BCUT2D eigenvalue weighted by Gasteiger charge is -2.07. The second kappa shape index (κ2) is 8.09. The Kier molecular flexibility index (Phi) is 6.11. The van der Waals surface area contributed by atoms with Gasteiger partial charge in [-0.05, 0) is 18.6 Å². The molecule has 20 heavy (non-hydrogen) atoms. The predicted octanol–water partition coefficient (Wildman–Crippen LogP) is 3.05. The first-order valence-corrected chi connectivity index (χ1v) is 7.59. The van der Waals surface area contributed by atoms with Gasteiger partial charge in [0.25, 0.3) is 5.56 Å². The van der Waals surface area contributed by atoms with Gasteiger partial charge in [0, 0.05) is 18.5 Å². The van der Waals surface area contributed by atoms with Gasteiger partial charge >= 0.3 is 0 Å². The van der Waals surface area contributed by atoms with Crippen LogP contribution in [0.25, 0.3) is 0 Å². The molecule has 0 aliphatic heterocycles. The highest BCUT2D eigenvalue weighted by Gasteiger charge is 2.03. The average Bonchev–Trinajstić information content (AvgIpc) is 2.79. The average molecular weight is 314 g/mol. The first kappa shape index (κ1) is 15.1. The van der Waals surface area contributed by atoms with E-state index in [4.69, 9.17) is 21.1 Å². The molecular formula is C14H16ClNO3S. The van der Waals surface area contributed by atoms with E-state index in [-0.39, 0.29) is 10.6 Å². The summed E-state index contributed by atoms with van der Waals surface area (Å²) in [5.41, 5.74) is -0.121. The third-order valence-corrected chi connectivity index (χ3v) is 3.95. The lowest BCUT2D eigenvalue weighted by atomic mass is 10.3. The van der Waals surface area contributed by atoms with E-state index in [1.807, 2.05) is 30.3 Å². The summed E-state index contributed by atoms with van der Waals surface area (Å²) in [5.74, 6) is 0.843. The number of aryl methyl sites for hydroxylation is 1. The van der Waals surface area contributed by atoms with Crippen molar-refractivity contribution in [3.8, 4) is 5.75 Å². The van der Waals surface area contributed by atoms with Crippen LogP contribution in [0.3, 0.4) is 0 Å². The van der Waals surface area contributed by atoms with Crippen molar-refractivity contribution in [2.75, 3.05) is 19.8 Å². The second-order valence-electron chi connectivity index (χ2n) is 4.11. The zero-order valence-electron chi connectivity index (χ0n) is 11.0. The maximum Gasteiger partial charge on any atom is 0.279 e. The molecule has 108 valence electrons. The molecule has 0 bridgehead atoms. The molecule has 2 rings (SSSR count). The van der Waals surface area contributed by atoms with Crippen LogP contribution in [0.1, 0.15) is 6.42 Å². The van der Waals surface area contributed by atoms with Crippen LogP contribution in [0, 0.1) is 0 Å². The number of benzene rings is 1. The van der Waals surface area contributed by atoms with Crippen molar-refractivity contribution in [3.63, 3.8) is 0 Å². The molecule has 0 atom stereocenters. The molecule has 2 aromatic rings. The van der Waals surface area contributed by atoms with E-state index in [0.717, 1.165) is 12.2 Å². The maximum atomic E-state index is 11.5. The summed E-state index contributed by atoms with van der Waals surface area (Å²) in [4.78, 5) is 11.5. The van der Waals surface area contributed by atoms with Crippen LogP contribution >= 0.6 is 23.1 Å². The SMILES string of the molecule is O=c1c(Cl)csn1CCCOCCOc1ccccc1. The minimum atomic E-state index is -0.121. The van der Waals surface area contributed by atoms with E-state index in [0.29, 0.717) is 26.4 Å². The zero-order chi connectivity index (χ0) is 14.2. The molecule has 4 nitrogen and oxygen atoms in total. The molecule has 0 N–H and O–H groups in total. The fraction of sp³-hybridized carbons (Fsp3) is 0.357. The summed E-state index contributed by atoms with van der Waals surface area (Å²) in [6.45, 7) is 2.29. The first-order chi connectivity index (χ1) is 9.77. The Bertz CT molecular complexity index is 567. The molecule has 0 fully saturated rings. The van der Waals surface area contributed by atoms with Gasteiger partial charge in [-0.15, -0.1) is 0 Å². The topological polar surface area (TPSA) is 40.5 Å². The summed E-state index contributed by atoms with van der Waals surface area (Å²) in [6, 6.07) is 9.63. The quantitative estimate of drug-likeness (QED) is 0.703. The van der Waals surface area contributed by atoms with Crippen molar-refractivity contribution in [1.82, 2.24) is 3.96 Å². The van der Waals surface area contributed by atoms with Gasteiger partial charge in [-0.25, -0.2) is 0 Å². The lowest BCUT2D eigenvalue weighted by molar-refractivity contribution is 0.0966. The van der Waals surface area contributed by atoms with Crippen LogP contribution in [0.15, 0.2) is 40.5 Å². The Morgan fingerprint density at radius 1 is 1.15 bits per heavy atom. The summed E-state index contributed by atoms with van der Waals surface area (Å²) in [7, 11) is 0. The monoisotopic (exact) mass is 313 g/mol. The van der Waals surface area contributed by atoms with Crippen molar-refractivity contribution in [2.24, 2.45) is 0 Å². The molecule has 1 heterocycles. The molecule has 0 aliphatic rings. The van der Waals surface area contributed by atoms with Crippen LogP contribution in [0.5, 0.6) is 5.75 Å². The molecule has 6 heteroatoms. The van der Waals surface area contributed by atoms with Gasteiger partial charge in [-0.2, -0.15) is 0 Å². The van der Waals surface area contributed by atoms with Gasteiger partial charge in [-0.3, -0.25) is 8.75 Å². The van der Waals surface area contributed by atoms with Crippen LogP contribution in [0.2, 0.25) is 5.02 Å². The molecule has 0 spiro atoms. The molecule has 0 saturated carbocycles. The molecule has 0 aliphatic carbocycles. The zero-order valence-corrected chi connectivity index (χ0v) is 12.5. The maximum absolute atomic E-state index is 11.5. The van der Waals surface area contributed by atoms with Crippen LogP contribution < -0.4 is 10.3 Å². The third kappa shape index (κ3) is 4.67. The minimum Gasteiger partial charge on any atom is -0.491 e. The summed E-state index contributed by atoms with van der Waals surface area (Å²) >= 11 is 7.03. The Morgan fingerprint density at radius 2 is 1.95 bits per heavy atom. The normalized spacial score (nSPS) is 10.7. The van der Waals surface area contributed by atoms with Gasteiger partial charge in [0.15, 0.2) is 0 Å². The Balaban J connectivity index is 1.54. The lowest BCUT2D eigenvalue weighted by Crippen LogP contribution is -2.15. The number of rotatable bonds is 8. The molecule has 1 aromatic heterocycles. The van der Waals surface area contributed by atoms with Gasteiger partial charge < -0.3 is 9.47 Å². The molecule has 0 unspecified atom stereocenters. The number of hydrogen-bond acceptors (Lipinski definition) is 4. The van der Waals surface area contributed by atoms with Crippen LogP contribution in [-0.2, 0) is 11.3 Å². The molecule has 0 saturated heterocycles. The predicted molar refractivity (Wildman–Crippen MR) is 81.0 cm³/mol. The van der Waals surface area contributed by atoms with Gasteiger partial charge in [0.1, 0.15) is 17.4 Å². The minimum absolute atomic E-state index is 0.121. The Labute approximate surface area is 126 Å². The number of halogens is 1. The van der Waals surface area contributed by atoms with E-state index in [2.05, 4.69) is 0 Å². The highest BCUT2D eigenvalue weighted by Crippen LogP contribution is 2.08. The molecular weight excluding hydrogens is 298 g/mol. The second-order valence-corrected chi connectivity index (χ2v) is 5.40. The van der Waals surface area contributed by atoms with E-state index in [1.165, 1.54) is 11.5 Å². The number of nitrogens with zero attached hydrogens (tertiary/aromatic N) is 1. The van der Waals surface area contributed by atoms with Crippen molar-refractivity contribution in [2.45, 2.75) is 13.0 Å². The van der Waals surface area contributed by atoms with E-state index in [1.54, 1.807) is 9.34 Å². The van der Waals surface area contributed by atoms with Gasteiger partial charge in [0.05, 0.1) is 6.61 Å². The fourth-order valence-corrected chi connectivity index (χ4v) is 2.65. The Morgan fingerprint density at radius 3 is 2.65 bits per heavy atom. The first-order valence-electron chi connectivity index (χ1n) is 6.37. The summed E-state index contributed by atoms with van der Waals surface area (Å²) < 4.78 is 12.6. The van der Waals surface area contributed by atoms with Crippen LogP contribution in [-0.4, -0.2) is 23.8 Å². The van der Waals surface area contributed by atoms with Crippen molar-refractivity contribution >= 4 is 23.1 Å². The van der Waals surface area contributed by atoms with Gasteiger partial charge in [0.2, 0.25) is 0 Å². The van der Waals surface area contributed by atoms with Crippen LogP contribution in [0.4, 0.5) is 0 Å². The van der Waals surface area contributed by atoms with E-state index < -0.39 is 0 Å². The molecule has 0 amide bonds. The largest absolute Gasteiger partial charge is 0.491 e. The number of para-hydroxylation sites is 1. The van der Waals surface area contributed by atoms with Gasteiger partial charge in [-0.1, -0.05) is 41.3 Å². The van der Waals surface area contributed by atoms with Crippen molar-refractivity contribution in [1.29, 1.82) is 0 Å². The number of hydrogen-bond donors (Lipinski definition) is 0. The highest BCUT2D eigenvalue weighted by atomic mass is 35.5. The molecule has 0 radical (unpaired) electrons.